The van der Waals surface area contributed by atoms with E-state index in [4.69, 9.17) is 11.6 Å². The fraction of sp³-hybridized carbons (Fsp3) is 0.600. The molecule has 1 aromatic carbocycles. The van der Waals surface area contributed by atoms with Gasteiger partial charge in [-0.3, -0.25) is 0 Å². The number of rotatable bonds is 4. The lowest BCUT2D eigenvalue weighted by Crippen LogP contribution is -2.20. The Labute approximate surface area is 115 Å². The summed E-state index contributed by atoms with van der Waals surface area (Å²) >= 11 is 6.33. The van der Waals surface area contributed by atoms with Crippen molar-refractivity contribution in [3.05, 3.63) is 28.8 Å². The number of nitrogens with zero attached hydrogens (tertiary/aromatic N) is 1. The van der Waals surface area contributed by atoms with Gasteiger partial charge in [-0.15, -0.1) is 0 Å². The molecular formula is C15H22ClNO. The maximum Gasteiger partial charge on any atom is 0.0762 e. The number of aliphatic hydroxyl groups is 1. The number of hydrogen-bond donors (Lipinski definition) is 1. The molecule has 2 unspecified atom stereocenters. The smallest absolute Gasteiger partial charge is 0.0762 e. The molecule has 1 aliphatic heterocycles. The van der Waals surface area contributed by atoms with E-state index >= 15 is 0 Å². The first-order valence-electron chi connectivity index (χ1n) is 6.84. The van der Waals surface area contributed by atoms with Crippen molar-refractivity contribution in [1.29, 1.82) is 0 Å². The largest absolute Gasteiger partial charge is 0.389 e. The summed E-state index contributed by atoms with van der Waals surface area (Å²) in [5.41, 5.74) is 1.99. The highest BCUT2D eigenvalue weighted by Crippen LogP contribution is 2.33. The van der Waals surface area contributed by atoms with E-state index in [-0.39, 0.29) is 0 Å². The predicted molar refractivity (Wildman–Crippen MR) is 77.3 cm³/mol. The number of halogens is 1. The van der Waals surface area contributed by atoms with E-state index < -0.39 is 6.10 Å². The Bertz CT molecular complexity index is 405. The molecule has 18 heavy (non-hydrogen) atoms. The Morgan fingerprint density at radius 3 is 2.89 bits per heavy atom. The summed E-state index contributed by atoms with van der Waals surface area (Å²) in [5, 5.41) is 10.3. The molecule has 0 spiro atoms. The van der Waals surface area contributed by atoms with Gasteiger partial charge in [0.1, 0.15) is 0 Å². The molecule has 1 saturated heterocycles. The first-order chi connectivity index (χ1) is 8.61. The van der Waals surface area contributed by atoms with E-state index in [1.807, 2.05) is 18.2 Å². The molecule has 0 saturated carbocycles. The van der Waals surface area contributed by atoms with E-state index in [1.165, 1.54) is 19.3 Å². The Morgan fingerprint density at radius 2 is 2.28 bits per heavy atom. The van der Waals surface area contributed by atoms with Crippen molar-refractivity contribution < 1.29 is 5.11 Å². The second kappa shape index (κ2) is 5.94. The van der Waals surface area contributed by atoms with Gasteiger partial charge in [-0.25, -0.2) is 0 Å². The first kappa shape index (κ1) is 13.7. The van der Waals surface area contributed by atoms with Crippen LogP contribution in [0, 0.1) is 5.92 Å². The Morgan fingerprint density at radius 1 is 1.50 bits per heavy atom. The number of hydrogen-bond acceptors (Lipinski definition) is 2. The minimum absolute atomic E-state index is 0.456. The minimum atomic E-state index is -0.456. The molecule has 100 valence electrons. The van der Waals surface area contributed by atoms with Gasteiger partial charge >= 0.3 is 0 Å². The van der Waals surface area contributed by atoms with Gasteiger partial charge in [0.25, 0.3) is 0 Å². The van der Waals surface area contributed by atoms with Crippen LogP contribution in [0.3, 0.4) is 0 Å². The van der Waals surface area contributed by atoms with Gasteiger partial charge in [0.05, 0.1) is 16.8 Å². The van der Waals surface area contributed by atoms with Gasteiger partial charge < -0.3 is 10.0 Å². The van der Waals surface area contributed by atoms with E-state index in [0.29, 0.717) is 0 Å². The average Bonchev–Trinajstić information content (AvgIpc) is 2.77. The standard InChI is InChI=1S/C15H22ClNO/c1-3-4-12-7-8-17(10-12)15-6-5-13(11(2)18)9-14(15)16/h5-6,9,11-12,18H,3-4,7-8,10H2,1-2H3. The SMILES string of the molecule is CCCC1CCN(c2ccc(C(C)O)cc2Cl)C1. The van der Waals surface area contributed by atoms with Crippen LogP contribution in [-0.4, -0.2) is 18.2 Å². The highest BCUT2D eigenvalue weighted by atomic mass is 35.5. The lowest BCUT2D eigenvalue weighted by atomic mass is 10.0. The summed E-state index contributed by atoms with van der Waals surface area (Å²) in [6.45, 7) is 6.21. The topological polar surface area (TPSA) is 23.5 Å². The summed E-state index contributed by atoms with van der Waals surface area (Å²) < 4.78 is 0. The van der Waals surface area contributed by atoms with Crippen LogP contribution in [0.4, 0.5) is 5.69 Å². The highest BCUT2D eigenvalue weighted by Gasteiger charge is 2.23. The third-order valence-electron chi connectivity index (χ3n) is 3.78. The van der Waals surface area contributed by atoms with Crippen LogP contribution in [0.2, 0.25) is 5.02 Å². The summed E-state index contributed by atoms with van der Waals surface area (Å²) in [6.07, 6.45) is 3.37. The van der Waals surface area contributed by atoms with E-state index in [0.717, 1.165) is 35.3 Å². The zero-order valence-corrected chi connectivity index (χ0v) is 12.0. The normalized spacial score (nSPS) is 21.3. The highest BCUT2D eigenvalue weighted by molar-refractivity contribution is 6.33. The van der Waals surface area contributed by atoms with Crippen molar-refractivity contribution in [3.8, 4) is 0 Å². The molecule has 1 N–H and O–H groups in total. The summed E-state index contributed by atoms with van der Waals surface area (Å²) in [6, 6.07) is 5.90. The van der Waals surface area contributed by atoms with Crippen LogP contribution in [0.15, 0.2) is 18.2 Å². The second-order valence-electron chi connectivity index (χ2n) is 5.28. The van der Waals surface area contributed by atoms with Gasteiger partial charge in [-0.05, 0) is 43.4 Å². The van der Waals surface area contributed by atoms with Crippen molar-refractivity contribution in [2.75, 3.05) is 18.0 Å². The minimum Gasteiger partial charge on any atom is -0.389 e. The van der Waals surface area contributed by atoms with Crippen molar-refractivity contribution in [1.82, 2.24) is 0 Å². The fourth-order valence-corrected chi connectivity index (χ4v) is 3.04. The average molecular weight is 268 g/mol. The van der Waals surface area contributed by atoms with Crippen molar-refractivity contribution in [2.45, 2.75) is 39.2 Å². The lowest BCUT2D eigenvalue weighted by molar-refractivity contribution is 0.199. The van der Waals surface area contributed by atoms with E-state index in [1.54, 1.807) is 6.92 Å². The van der Waals surface area contributed by atoms with Gasteiger partial charge in [-0.2, -0.15) is 0 Å². The van der Waals surface area contributed by atoms with E-state index in [2.05, 4.69) is 11.8 Å². The zero-order chi connectivity index (χ0) is 13.1. The van der Waals surface area contributed by atoms with Crippen molar-refractivity contribution in [3.63, 3.8) is 0 Å². The number of anilines is 1. The molecule has 0 aliphatic carbocycles. The van der Waals surface area contributed by atoms with Gasteiger partial charge in [0.2, 0.25) is 0 Å². The third kappa shape index (κ3) is 2.99. The predicted octanol–water partition coefficient (Wildman–Crippen LogP) is 4.02. The van der Waals surface area contributed by atoms with Crippen LogP contribution < -0.4 is 4.90 Å². The molecule has 1 heterocycles. The van der Waals surface area contributed by atoms with Gasteiger partial charge in [0, 0.05) is 13.1 Å². The molecule has 1 aliphatic rings. The fourth-order valence-electron chi connectivity index (χ4n) is 2.73. The molecule has 2 rings (SSSR count). The zero-order valence-electron chi connectivity index (χ0n) is 11.2. The molecule has 0 radical (unpaired) electrons. The maximum atomic E-state index is 9.54. The summed E-state index contributed by atoms with van der Waals surface area (Å²) in [4.78, 5) is 2.37. The molecule has 1 aromatic rings. The van der Waals surface area contributed by atoms with Crippen molar-refractivity contribution >= 4 is 17.3 Å². The van der Waals surface area contributed by atoms with E-state index in [9.17, 15) is 5.11 Å². The molecule has 2 nitrogen and oxygen atoms in total. The second-order valence-corrected chi connectivity index (χ2v) is 5.68. The molecule has 3 heteroatoms. The van der Waals surface area contributed by atoms with Crippen LogP contribution in [0.25, 0.3) is 0 Å². The molecule has 1 fully saturated rings. The molecule has 2 atom stereocenters. The molecule has 0 bridgehead atoms. The number of benzene rings is 1. The quantitative estimate of drug-likeness (QED) is 0.891. The monoisotopic (exact) mass is 267 g/mol. The Hall–Kier alpha value is -0.730. The number of aliphatic hydroxyl groups excluding tert-OH is 1. The van der Waals surface area contributed by atoms with Crippen LogP contribution in [0.1, 0.15) is 44.8 Å². The van der Waals surface area contributed by atoms with Crippen LogP contribution >= 0.6 is 11.6 Å². The lowest BCUT2D eigenvalue weighted by Gasteiger charge is -2.21. The Balaban J connectivity index is 2.10. The van der Waals surface area contributed by atoms with Crippen molar-refractivity contribution in [2.24, 2.45) is 5.92 Å². The molecule has 0 aromatic heterocycles. The van der Waals surface area contributed by atoms with Crippen LogP contribution in [-0.2, 0) is 0 Å². The molecular weight excluding hydrogens is 246 g/mol. The first-order valence-corrected chi connectivity index (χ1v) is 7.22. The Kier molecular flexibility index (Phi) is 4.52. The molecule has 0 amide bonds. The van der Waals surface area contributed by atoms with Gasteiger partial charge in [0.15, 0.2) is 0 Å². The maximum absolute atomic E-state index is 9.54. The third-order valence-corrected chi connectivity index (χ3v) is 4.08. The van der Waals surface area contributed by atoms with Crippen LogP contribution in [0.5, 0.6) is 0 Å². The summed E-state index contributed by atoms with van der Waals surface area (Å²) in [7, 11) is 0. The summed E-state index contributed by atoms with van der Waals surface area (Å²) in [5.74, 6) is 0.808. The van der Waals surface area contributed by atoms with Gasteiger partial charge in [-0.1, -0.05) is 31.0 Å².